The summed E-state index contributed by atoms with van der Waals surface area (Å²) in [6, 6.07) is 8.16. The Balaban J connectivity index is 1.72. The number of rotatable bonds is 4. The number of phenols is 1. The molecule has 166 valence electrons. The van der Waals surface area contributed by atoms with Crippen LogP contribution in [0.5, 0.6) is 17.2 Å². The molecule has 9 nitrogen and oxygen atoms in total. The largest absolute Gasteiger partial charge is 0.507 e. The highest BCUT2D eigenvalue weighted by Gasteiger charge is 2.25. The number of aromatic hydroxyl groups is 1. The van der Waals surface area contributed by atoms with Crippen molar-refractivity contribution in [3.05, 3.63) is 72.5 Å². The quantitative estimate of drug-likeness (QED) is 0.545. The van der Waals surface area contributed by atoms with Crippen LogP contribution in [0.1, 0.15) is 21.6 Å². The van der Waals surface area contributed by atoms with Crippen molar-refractivity contribution in [1.82, 2.24) is 19.7 Å². The van der Waals surface area contributed by atoms with Gasteiger partial charge in [-0.05, 0) is 71.2 Å². The second kappa shape index (κ2) is 8.83. The maximum Gasteiger partial charge on any atom is 0.349 e. The predicted molar refractivity (Wildman–Crippen MR) is 124 cm³/mol. The second-order valence-corrected chi connectivity index (χ2v) is 9.18. The number of benzene rings is 2. The molecule has 11 heteroatoms. The third kappa shape index (κ3) is 4.30. The van der Waals surface area contributed by atoms with Crippen LogP contribution in [0.2, 0.25) is 0 Å². The van der Waals surface area contributed by atoms with Crippen molar-refractivity contribution in [3.8, 4) is 22.9 Å². The maximum atomic E-state index is 12.7. The summed E-state index contributed by atoms with van der Waals surface area (Å²) < 4.78 is 7.49. The molecule has 3 aromatic rings. The van der Waals surface area contributed by atoms with Gasteiger partial charge in [-0.15, -0.1) is 11.8 Å². The Morgan fingerprint density at radius 3 is 2.56 bits per heavy atom. The van der Waals surface area contributed by atoms with Crippen LogP contribution in [0.15, 0.2) is 44.4 Å². The van der Waals surface area contributed by atoms with Gasteiger partial charge in [-0.3, -0.25) is 14.6 Å². The molecule has 1 aliphatic heterocycles. The van der Waals surface area contributed by atoms with Crippen LogP contribution in [-0.4, -0.2) is 48.9 Å². The zero-order valence-electron chi connectivity index (χ0n) is 17.2. The Kier molecular flexibility index (Phi) is 6.11. The van der Waals surface area contributed by atoms with E-state index in [1.165, 1.54) is 11.0 Å². The van der Waals surface area contributed by atoms with Crippen LogP contribution in [0, 0.1) is 13.8 Å². The molecule has 1 amide bonds. The summed E-state index contributed by atoms with van der Waals surface area (Å²) in [5.41, 5.74) is -0.0421. The van der Waals surface area contributed by atoms with Gasteiger partial charge >= 0.3 is 5.69 Å². The molecule has 1 aliphatic rings. The van der Waals surface area contributed by atoms with Gasteiger partial charge in [0, 0.05) is 12.3 Å². The molecule has 1 aromatic heterocycles. The standard InChI is InChI=1S/C21H19BrN4O5S/c1-11-7-13(8-12(2)18(11)31-14-3-4-16(27)15(22)9-14)26-21(30)23-19(28)17(24-26)20(29)25-5-6-32-10-25/h3-4,7-9,27H,5-6,10H2,1-2H3,(H,23,28,30). The Hall–Kier alpha value is -3.05. The van der Waals surface area contributed by atoms with Gasteiger partial charge < -0.3 is 14.7 Å². The minimum absolute atomic E-state index is 0.0996. The van der Waals surface area contributed by atoms with E-state index in [9.17, 15) is 19.5 Å². The molecule has 0 aliphatic carbocycles. The topological polar surface area (TPSA) is 118 Å². The van der Waals surface area contributed by atoms with Gasteiger partial charge in [-0.1, -0.05) is 0 Å². The van der Waals surface area contributed by atoms with E-state index >= 15 is 0 Å². The van der Waals surface area contributed by atoms with E-state index < -0.39 is 17.2 Å². The van der Waals surface area contributed by atoms with Gasteiger partial charge in [-0.25, -0.2) is 4.79 Å². The highest BCUT2D eigenvalue weighted by Crippen LogP contribution is 2.34. The first-order valence-corrected chi connectivity index (χ1v) is 11.6. The third-order valence-electron chi connectivity index (χ3n) is 4.90. The zero-order chi connectivity index (χ0) is 23.0. The first kappa shape index (κ1) is 22.2. The normalized spacial score (nSPS) is 13.4. The van der Waals surface area contributed by atoms with E-state index in [-0.39, 0.29) is 11.4 Å². The molecule has 2 N–H and O–H groups in total. The molecule has 0 bridgehead atoms. The minimum Gasteiger partial charge on any atom is -0.507 e. The minimum atomic E-state index is -0.806. The molecule has 4 rings (SSSR count). The Labute approximate surface area is 195 Å². The van der Waals surface area contributed by atoms with Crippen LogP contribution < -0.4 is 16.0 Å². The van der Waals surface area contributed by atoms with Crippen molar-refractivity contribution < 1.29 is 14.6 Å². The van der Waals surface area contributed by atoms with Crippen molar-refractivity contribution in [3.63, 3.8) is 0 Å². The summed E-state index contributed by atoms with van der Waals surface area (Å²) in [6.45, 7) is 4.15. The van der Waals surface area contributed by atoms with E-state index in [1.807, 2.05) is 13.8 Å². The highest BCUT2D eigenvalue weighted by molar-refractivity contribution is 9.10. The molecule has 0 atom stereocenters. The number of carbonyl (C=O) groups is 1. The summed E-state index contributed by atoms with van der Waals surface area (Å²) in [7, 11) is 0. The fourth-order valence-electron chi connectivity index (χ4n) is 3.32. The monoisotopic (exact) mass is 518 g/mol. The summed E-state index contributed by atoms with van der Waals surface area (Å²) in [4.78, 5) is 41.1. The number of amides is 1. The molecule has 0 radical (unpaired) electrons. The zero-order valence-corrected chi connectivity index (χ0v) is 19.6. The lowest BCUT2D eigenvalue weighted by atomic mass is 10.1. The number of phenolic OH excluding ortho intramolecular Hbond substituents is 1. The van der Waals surface area contributed by atoms with Crippen molar-refractivity contribution in [2.75, 3.05) is 18.2 Å². The molecule has 1 saturated heterocycles. The average Bonchev–Trinajstić information content (AvgIpc) is 3.28. The van der Waals surface area contributed by atoms with Gasteiger partial charge in [0.1, 0.15) is 17.2 Å². The smallest absolute Gasteiger partial charge is 0.349 e. The number of thioether (sulfide) groups is 1. The number of ether oxygens (including phenoxy) is 1. The Morgan fingerprint density at radius 1 is 1.22 bits per heavy atom. The van der Waals surface area contributed by atoms with E-state index in [1.54, 1.807) is 36.0 Å². The molecule has 2 aromatic carbocycles. The van der Waals surface area contributed by atoms with E-state index in [0.29, 0.717) is 45.2 Å². The Morgan fingerprint density at radius 2 is 1.94 bits per heavy atom. The van der Waals surface area contributed by atoms with Crippen LogP contribution in [-0.2, 0) is 0 Å². The van der Waals surface area contributed by atoms with Crippen molar-refractivity contribution in [2.45, 2.75) is 13.8 Å². The number of carbonyl (C=O) groups excluding carboxylic acids is 1. The van der Waals surface area contributed by atoms with Crippen LogP contribution in [0.4, 0.5) is 0 Å². The van der Waals surface area contributed by atoms with Gasteiger partial charge in [0.2, 0.25) is 5.69 Å². The maximum absolute atomic E-state index is 12.7. The molecule has 0 unspecified atom stereocenters. The molecule has 0 saturated carbocycles. The fraction of sp³-hybridized carbons (Fsp3) is 0.238. The number of aromatic amines is 1. The first-order chi connectivity index (χ1) is 15.2. The molecule has 2 heterocycles. The number of aromatic nitrogens is 3. The lowest BCUT2D eigenvalue weighted by Gasteiger charge is -2.16. The second-order valence-electron chi connectivity index (χ2n) is 7.25. The van der Waals surface area contributed by atoms with E-state index in [2.05, 4.69) is 26.0 Å². The van der Waals surface area contributed by atoms with Crippen molar-refractivity contribution in [1.29, 1.82) is 0 Å². The third-order valence-corrected chi connectivity index (χ3v) is 6.50. The number of halogens is 1. The Bertz CT molecular complexity index is 1310. The van der Waals surface area contributed by atoms with Gasteiger partial charge in [0.25, 0.3) is 11.5 Å². The summed E-state index contributed by atoms with van der Waals surface area (Å²) in [6.07, 6.45) is 0. The number of hydrogen-bond acceptors (Lipinski definition) is 7. The van der Waals surface area contributed by atoms with Crippen molar-refractivity contribution >= 4 is 33.6 Å². The lowest BCUT2D eigenvalue weighted by molar-refractivity contribution is 0.0792. The lowest BCUT2D eigenvalue weighted by Crippen LogP contribution is -2.40. The molecular weight excluding hydrogens is 500 g/mol. The van der Waals surface area contributed by atoms with Gasteiger partial charge in [0.15, 0.2) is 0 Å². The number of H-pyrrole nitrogens is 1. The summed E-state index contributed by atoms with van der Waals surface area (Å²) in [5, 5.41) is 13.8. The van der Waals surface area contributed by atoms with Gasteiger partial charge in [0.05, 0.1) is 16.0 Å². The van der Waals surface area contributed by atoms with Crippen LogP contribution >= 0.6 is 27.7 Å². The average molecular weight is 519 g/mol. The first-order valence-electron chi connectivity index (χ1n) is 9.63. The summed E-state index contributed by atoms with van der Waals surface area (Å²) >= 11 is 4.85. The van der Waals surface area contributed by atoms with E-state index in [4.69, 9.17) is 4.74 Å². The van der Waals surface area contributed by atoms with Gasteiger partial charge in [-0.2, -0.15) is 9.78 Å². The highest BCUT2D eigenvalue weighted by atomic mass is 79.9. The molecule has 32 heavy (non-hydrogen) atoms. The fourth-order valence-corrected chi connectivity index (χ4v) is 4.62. The molecular formula is C21H19BrN4O5S. The summed E-state index contributed by atoms with van der Waals surface area (Å²) in [5.74, 6) is 1.97. The van der Waals surface area contributed by atoms with Crippen molar-refractivity contribution in [2.24, 2.45) is 0 Å². The predicted octanol–water partition coefficient (Wildman–Crippen LogP) is 2.94. The van der Waals surface area contributed by atoms with Crippen LogP contribution in [0.3, 0.4) is 0 Å². The number of nitrogens with one attached hydrogen (secondary N) is 1. The van der Waals surface area contributed by atoms with E-state index in [0.717, 1.165) is 10.4 Å². The SMILES string of the molecule is Cc1cc(-n2nc(C(=O)N3CCSC3)c(=O)[nH]c2=O)cc(C)c1Oc1ccc(O)c(Br)c1. The molecule has 1 fully saturated rings. The number of aryl methyl sites for hydroxylation is 2. The molecule has 0 spiro atoms. The number of hydrogen-bond donors (Lipinski definition) is 2. The number of nitrogens with zero attached hydrogens (tertiary/aromatic N) is 3. The van der Waals surface area contributed by atoms with Crippen LogP contribution in [0.25, 0.3) is 5.69 Å².